The Balaban J connectivity index is 1.57. The summed E-state index contributed by atoms with van der Waals surface area (Å²) in [4.78, 5) is 13.3. The monoisotopic (exact) mass is 628 g/mol. The van der Waals surface area contributed by atoms with Crippen molar-refractivity contribution in [1.29, 1.82) is 0 Å². The topological polar surface area (TPSA) is 51.8 Å². The van der Waals surface area contributed by atoms with E-state index in [0.717, 1.165) is 0 Å². The average molecular weight is 629 g/mol. The second kappa shape index (κ2) is 11.2. The first-order chi connectivity index (χ1) is 34.5. The number of hydrogen-bond acceptors (Lipinski definition) is 4. The van der Waals surface area contributed by atoms with Gasteiger partial charge in [0.25, 0.3) is 0 Å². The Morgan fingerprint density at radius 1 is 0.383 bits per heavy atom. The van der Waals surface area contributed by atoms with Crippen LogP contribution in [0.25, 0.3) is 89.1 Å². The van der Waals surface area contributed by atoms with Crippen LogP contribution in [0.5, 0.6) is 0 Å². The predicted octanol–water partition coefficient (Wildman–Crippen LogP) is 11.3. The molecule has 9 aromatic rings. The molecule has 0 fully saturated rings. The van der Waals surface area contributed by atoms with Gasteiger partial charge in [-0.3, -0.25) is 0 Å². The van der Waals surface area contributed by atoms with Crippen LogP contribution in [0, 0.1) is 0 Å². The molecule has 0 atom stereocenters. The third-order valence-electron chi connectivity index (χ3n) is 6.82. The molecular weight excluding hydrogens is 574 g/mol. The molecule has 7 aromatic carbocycles. The number of para-hydroxylation sites is 1. The third kappa shape index (κ3) is 4.84. The van der Waals surface area contributed by atoms with Gasteiger partial charge >= 0.3 is 0 Å². The predicted molar refractivity (Wildman–Crippen MR) is 192 cm³/mol. The van der Waals surface area contributed by atoms with Crippen LogP contribution < -0.4 is 0 Å². The minimum absolute atomic E-state index is 0.477. The standard InChI is InChI=1S/C43H27N3O/c1-3-12-28(13-4-1)32-24-25-34(37(27-32)30-15-5-2-6-16-30)42-44-41(33-23-22-29-14-7-8-17-31(29)26-33)45-43(46-42)36-19-11-21-39-40(36)35-18-9-10-20-38(35)47-39/h1-27H/i1D,2D,3D,4D,5D,6D,7D,8D,9D,10D,11D,12D,13D,14D,15D,16D,17D,18D,19D,20D,21D,22D,23D,24D,25D,26D,27D. The normalized spacial score (nSPS) is 19.4. The summed E-state index contributed by atoms with van der Waals surface area (Å²) >= 11 is 0. The Morgan fingerprint density at radius 2 is 1.02 bits per heavy atom. The van der Waals surface area contributed by atoms with E-state index in [0.29, 0.717) is 0 Å². The maximum Gasteiger partial charge on any atom is 0.164 e. The number of benzene rings is 7. The number of furan rings is 1. The van der Waals surface area contributed by atoms with Crippen LogP contribution in [0.15, 0.2) is 168 Å². The van der Waals surface area contributed by atoms with Gasteiger partial charge in [-0.2, -0.15) is 0 Å². The third-order valence-corrected chi connectivity index (χ3v) is 6.82. The van der Waals surface area contributed by atoms with Crippen LogP contribution in [0.1, 0.15) is 37.0 Å². The molecule has 0 aliphatic rings. The van der Waals surface area contributed by atoms with Crippen molar-refractivity contribution in [3.05, 3.63) is 163 Å². The fourth-order valence-corrected chi connectivity index (χ4v) is 4.77. The Bertz CT molecular complexity index is 4060. The quantitative estimate of drug-likeness (QED) is 0.190. The summed E-state index contributed by atoms with van der Waals surface area (Å²) in [5.41, 5.74) is -7.12. The molecule has 2 aromatic heterocycles. The molecule has 0 spiro atoms. The van der Waals surface area contributed by atoms with Gasteiger partial charge in [-0.25, -0.2) is 15.0 Å². The molecule has 9 rings (SSSR count). The highest BCUT2D eigenvalue weighted by atomic mass is 16.3. The molecule has 4 heteroatoms. The number of aromatic nitrogens is 3. The highest BCUT2D eigenvalue weighted by Crippen LogP contribution is 2.39. The summed E-state index contributed by atoms with van der Waals surface area (Å²) in [7, 11) is 0. The molecule has 47 heavy (non-hydrogen) atoms. The lowest BCUT2D eigenvalue weighted by molar-refractivity contribution is 0.669. The largest absolute Gasteiger partial charge is 0.456 e. The summed E-state index contributed by atoms with van der Waals surface area (Å²) in [6.07, 6.45) is 0. The molecule has 0 N–H and O–H groups in total. The minimum atomic E-state index is -1.14. The van der Waals surface area contributed by atoms with Crippen molar-refractivity contribution >= 4 is 32.7 Å². The van der Waals surface area contributed by atoms with Crippen molar-refractivity contribution in [3.63, 3.8) is 0 Å². The van der Waals surface area contributed by atoms with Crippen LogP contribution >= 0.6 is 0 Å². The first kappa shape index (κ1) is 11.1. The van der Waals surface area contributed by atoms with E-state index in [1.807, 2.05) is 0 Å². The molecule has 0 aliphatic carbocycles. The van der Waals surface area contributed by atoms with E-state index in [4.69, 9.17) is 33.2 Å². The lowest BCUT2D eigenvalue weighted by Gasteiger charge is -2.14. The van der Waals surface area contributed by atoms with E-state index in [9.17, 15) is 8.22 Å². The fraction of sp³-hybridized carbons (Fsp3) is 0. The van der Waals surface area contributed by atoms with E-state index < -0.39 is 252 Å². The molecular formula is C43H27N3O. The van der Waals surface area contributed by atoms with Crippen molar-refractivity contribution in [2.75, 3.05) is 0 Å². The Kier molecular flexibility index (Phi) is 2.66. The van der Waals surface area contributed by atoms with Gasteiger partial charge < -0.3 is 4.42 Å². The van der Waals surface area contributed by atoms with Crippen molar-refractivity contribution in [2.24, 2.45) is 0 Å². The lowest BCUT2D eigenvalue weighted by atomic mass is 9.94. The highest BCUT2D eigenvalue weighted by molar-refractivity contribution is 6.11. The first-order valence-electron chi connectivity index (χ1n) is 27.0. The Labute approximate surface area is 309 Å². The smallest absolute Gasteiger partial charge is 0.164 e. The summed E-state index contributed by atoms with van der Waals surface area (Å²) in [6, 6.07) is -25.1. The second-order valence-corrected chi connectivity index (χ2v) is 9.57. The van der Waals surface area contributed by atoms with Gasteiger partial charge in [-0.05, 0) is 63.2 Å². The molecule has 0 radical (unpaired) electrons. The van der Waals surface area contributed by atoms with Crippen LogP contribution in [0.2, 0.25) is 0 Å². The number of fused-ring (bicyclic) bond motifs is 4. The zero-order chi connectivity index (χ0) is 54.7. The van der Waals surface area contributed by atoms with Crippen LogP contribution in [0.3, 0.4) is 0 Å². The number of rotatable bonds is 5. The van der Waals surface area contributed by atoms with Crippen LogP contribution in [-0.4, -0.2) is 15.0 Å². The van der Waals surface area contributed by atoms with Crippen LogP contribution in [-0.2, 0) is 0 Å². The summed E-state index contributed by atoms with van der Waals surface area (Å²) in [6.45, 7) is 0. The van der Waals surface area contributed by atoms with Gasteiger partial charge in [0, 0.05) is 27.5 Å². The summed E-state index contributed by atoms with van der Waals surface area (Å²) in [5, 5.41) is -2.19. The molecule has 220 valence electrons. The van der Waals surface area contributed by atoms with Crippen LogP contribution in [0.4, 0.5) is 0 Å². The molecule has 0 aliphatic heterocycles. The van der Waals surface area contributed by atoms with Gasteiger partial charge in [0.2, 0.25) is 0 Å². The lowest BCUT2D eigenvalue weighted by Crippen LogP contribution is -2.01. The van der Waals surface area contributed by atoms with Gasteiger partial charge in [0.1, 0.15) is 11.2 Å². The van der Waals surface area contributed by atoms with Gasteiger partial charge in [-0.1, -0.05) is 133 Å². The molecule has 0 bridgehead atoms. The van der Waals surface area contributed by atoms with Gasteiger partial charge in [0.05, 0.1) is 37.0 Å². The molecule has 0 unspecified atom stereocenters. The van der Waals surface area contributed by atoms with Gasteiger partial charge in [0.15, 0.2) is 17.5 Å². The Morgan fingerprint density at radius 3 is 1.85 bits per heavy atom. The SMILES string of the molecule is [2H]c1c([2H])c([2H])c(-c2c([2H])c([2H])c(-c3nc(-c4c([2H])c([2H])c5c([2H])c([2H])c([2H])c([2H])c5c4[2H])nc(-c4c([2H])c([2H])c([2H])c5oc6c([2H])c([2H])c([2H])c([2H])c6c45)n3)c(-c3c([2H])c([2H])c([2H])c([2H])c3[2H])c2[2H])c([2H])c1[2H]. The number of hydrogen-bond donors (Lipinski definition) is 0. The first-order valence-corrected chi connectivity index (χ1v) is 13.5. The highest BCUT2D eigenvalue weighted by Gasteiger charge is 2.20. The van der Waals surface area contributed by atoms with E-state index in [1.54, 1.807) is 0 Å². The maximum atomic E-state index is 9.71. The van der Waals surface area contributed by atoms with E-state index >= 15 is 0 Å². The number of nitrogens with zero attached hydrogens (tertiary/aromatic N) is 3. The minimum Gasteiger partial charge on any atom is -0.456 e. The van der Waals surface area contributed by atoms with E-state index in [-0.39, 0.29) is 0 Å². The van der Waals surface area contributed by atoms with Crippen molar-refractivity contribution in [2.45, 2.75) is 0 Å². The maximum absolute atomic E-state index is 9.71. The Hall–Kier alpha value is -6.39. The molecule has 4 nitrogen and oxygen atoms in total. The second-order valence-electron chi connectivity index (χ2n) is 9.57. The van der Waals surface area contributed by atoms with E-state index in [1.165, 1.54) is 0 Å². The summed E-state index contributed by atoms with van der Waals surface area (Å²) in [5.74, 6) is -2.80. The molecule has 0 saturated carbocycles. The zero-order valence-electron chi connectivity index (χ0n) is 50.2. The molecule has 0 saturated heterocycles. The molecule has 0 amide bonds. The summed E-state index contributed by atoms with van der Waals surface area (Å²) < 4.78 is 243. The van der Waals surface area contributed by atoms with Crippen molar-refractivity contribution < 1.29 is 41.4 Å². The van der Waals surface area contributed by atoms with Crippen molar-refractivity contribution in [3.8, 4) is 56.4 Å². The zero-order valence-corrected chi connectivity index (χ0v) is 23.2. The van der Waals surface area contributed by atoms with E-state index in [2.05, 4.69) is 15.0 Å². The van der Waals surface area contributed by atoms with Gasteiger partial charge in [-0.15, -0.1) is 0 Å². The average Bonchev–Trinajstić information content (AvgIpc) is 3.77. The molecule has 2 heterocycles. The van der Waals surface area contributed by atoms with Crippen molar-refractivity contribution in [1.82, 2.24) is 15.0 Å². The fourth-order valence-electron chi connectivity index (χ4n) is 4.77.